The van der Waals surface area contributed by atoms with Gasteiger partial charge in [-0.15, -0.1) is 0 Å². The van der Waals surface area contributed by atoms with Crippen molar-refractivity contribution >= 4 is 30.1 Å². The average Bonchev–Trinajstić information content (AvgIpc) is 2.38. The molecule has 0 heterocycles. The minimum atomic E-state index is 0.508. The number of hydrogen-bond donors (Lipinski definition) is 2. The summed E-state index contributed by atoms with van der Waals surface area (Å²) in [4.78, 5) is 0. The Morgan fingerprint density at radius 3 is 2.53 bits per heavy atom. The van der Waals surface area contributed by atoms with Gasteiger partial charge in [0.25, 0.3) is 0 Å². The molecule has 17 heavy (non-hydrogen) atoms. The first kappa shape index (κ1) is 12.1. The third-order valence-electron chi connectivity index (χ3n) is 2.30. The molecule has 0 unspecified atom stereocenters. The standard InChI is InChI=1S/C13H12ClNOS/c14-12-8-11(15-17)6-7-13(12)16-9-10-4-2-1-3-5-10/h1-8,15,17H,9H2. The Balaban J connectivity index is 2.04. The molecule has 88 valence electrons. The third-order valence-corrected chi connectivity index (χ3v) is 2.85. The van der Waals surface area contributed by atoms with Gasteiger partial charge in [-0.2, -0.15) is 0 Å². The van der Waals surface area contributed by atoms with Crippen LogP contribution in [0.25, 0.3) is 0 Å². The third kappa shape index (κ3) is 3.32. The molecule has 0 aliphatic carbocycles. The summed E-state index contributed by atoms with van der Waals surface area (Å²) in [5, 5.41) is 0.569. The van der Waals surface area contributed by atoms with Crippen molar-refractivity contribution in [2.24, 2.45) is 0 Å². The van der Waals surface area contributed by atoms with Crippen molar-refractivity contribution in [1.82, 2.24) is 0 Å². The molecule has 0 saturated heterocycles. The zero-order chi connectivity index (χ0) is 12.1. The Morgan fingerprint density at radius 1 is 1.12 bits per heavy atom. The van der Waals surface area contributed by atoms with E-state index in [2.05, 4.69) is 17.5 Å². The molecular formula is C13H12ClNOS. The maximum absolute atomic E-state index is 6.08. The number of hydrogen-bond acceptors (Lipinski definition) is 3. The van der Waals surface area contributed by atoms with Crippen LogP contribution in [0.5, 0.6) is 5.75 Å². The monoisotopic (exact) mass is 265 g/mol. The van der Waals surface area contributed by atoms with Crippen LogP contribution in [0, 0.1) is 0 Å². The summed E-state index contributed by atoms with van der Waals surface area (Å²) in [5.74, 6) is 0.669. The Bertz CT molecular complexity index is 490. The van der Waals surface area contributed by atoms with E-state index in [-0.39, 0.29) is 0 Å². The highest BCUT2D eigenvalue weighted by Crippen LogP contribution is 2.28. The van der Waals surface area contributed by atoms with Crippen molar-refractivity contribution in [3.8, 4) is 5.75 Å². The zero-order valence-corrected chi connectivity index (χ0v) is 10.7. The number of thiol groups is 1. The maximum Gasteiger partial charge on any atom is 0.138 e. The Kier molecular flexibility index (Phi) is 4.18. The lowest BCUT2D eigenvalue weighted by atomic mass is 10.2. The maximum atomic E-state index is 6.08. The molecule has 0 amide bonds. The molecule has 2 aromatic carbocycles. The van der Waals surface area contributed by atoms with Crippen molar-refractivity contribution < 1.29 is 4.74 Å². The molecule has 0 spiro atoms. The summed E-state index contributed by atoms with van der Waals surface area (Å²) in [6, 6.07) is 15.4. The van der Waals surface area contributed by atoms with Crippen molar-refractivity contribution in [2.75, 3.05) is 4.72 Å². The minimum Gasteiger partial charge on any atom is -0.487 e. The molecule has 0 aromatic heterocycles. The van der Waals surface area contributed by atoms with Gasteiger partial charge < -0.3 is 9.46 Å². The van der Waals surface area contributed by atoms with Crippen LogP contribution in [0.2, 0.25) is 5.02 Å². The fourth-order valence-electron chi connectivity index (χ4n) is 1.42. The molecule has 0 bridgehead atoms. The van der Waals surface area contributed by atoms with Gasteiger partial charge >= 0.3 is 0 Å². The van der Waals surface area contributed by atoms with Crippen LogP contribution in [0.15, 0.2) is 48.5 Å². The summed E-state index contributed by atoms with van der Waals surface area (Å²) < 4.78 is 8.36. The van der Waals surface area contributed by atoms with Gasteiger partial charge in [-0.25, -0.2) is 0 Å². The van der Waals surface area contributed by atoms with Crippen molar-refractivity contribution in [1.29, 1.82) is 0 Å². The normalized spacial score (nSPS) is 10.0. The van der Waals surface area contributed by atoms with E-state index in [1.54, 1.807) is 6.07 Å². The Morgan fingerprint density at radius 2 is 1.88 bits per heavy atom. The van der Waals surface area contributed by atoms with Crippen LogP contribution in [-0.4, -0.2) is 0 Å². The summed E-state index contributed by atoms with van der Waals surface area (Å²) in [5.41, 5.74) is 1.95. The number of anilines is 1. The fourth-order valence-corrected chi connectivity index (χ4v) is 1.80. The molecule has 2 nitrogen and oxygen atoms in total. The molecule has 0 fully saturated rings. The topological polar surface area (TPSA) is 21.3 Å². The summed E-state index contributed by atoms with van der Waals surface area (Å²) in [6.07, 6.45) is 0. The van der Waals surface area contributed by atoms with Crippen molar-refractivity contribution in [3.05, 3.63) is 59.1 Å². The van der Waals surface area contributed by atoms with Crippen LogP contribution in [0.4, 0.5) is 5.69 Å². The smallest absolute Gasteiger partial charge is 0.138 e. The first-order chi connectivity index (χ1) is 8.29. The summed E-state index contributed by atoms with van der Waals surface area (Å²) in [6.45, 7) is 0.508. The van der Waals surface area contributed by atoms with Gasteiger partial charge in [0.1, 0.15) is 12.4 Å². The van der Waals surface area contributed by atoms with Crippen molar-refractivity contribution in [2.45, 2.75) is 6.61 Å². The van der Waals surface area contributed by atoms with E-state index >= 15 is 0 Å². The van der Waals surface area contributed by atoms with E-state index in [1.165, 1.54) is 0 Å². The first-order valence-electron chi connectivity index (χ1n) is 5.16. The lowest BCUT2D eigenvalue weighted by Gasteiger charge is -2.09. The number of rotatable bonds is 4. The van der Waals surface area contributed by atoms with Crippen LogP contribution in [0.1, 0.15) is 5.56 Å². The molecule has 2 aromatic rings. The SMILES string of the molecule is SNc1ccc(OCc2ccccc2)c(Cl)c1. The molecule has 2 rings (SSSR count). The van der Waals surface area contributed by atoms with Gasteiger partial charge in [0, 0.05) is 5.69 Å². The van der Waals surface area contributed by atoms with Gasteiger partial charge in [0.2, 0.25) is 0 Å². The van der Waals surface area contributed by atoms with Gasteiger partial charge in [0.15, 0.2) is 0 Å². The van der Waals surface area contributed by atoms with Crippen LogP contribution in [0.3, 0.4) is 0 Å². The quantitative estimate of drug-likeness (QED) is 0.810. The molecule has 0 saturated carbocycles. The van der Waals surface area contributed by atoms with Gasteiger partial charge in [0.05, 0.1) is 5.02 Å². The highest BCUT2D eigenvalue weighted by molar-refractivity contribution is 7.81. The van der Waals surface area contributed by atoms with Crippen molar-refractivity contribution in [3.63, 3.8) is 0 Å². The minimum absolute atomic E-state index is 0.508. The van der Waals surface area contributed by atoms with Gasteiger partial charge in [-0.1, -0.05) is 54.7 Å². The zero-order valence-electron chi connectivity index (χ0n) is 9.06. The number of nitrogens with one attached hydrogen (secondary N) is 1. The summed E-state index contributed by atoms with van der Waals surface area (Å²) in [7, 11) is 0. The van der Waals surface area contributed by atoms with E-state index in [4.69, 9.17) is 16.3 Å². The lowest BCUT2D eigenvalue weighted by Crippen LogP contribution is -1.95. The average molecular weight is 266 g/mol. The van der Waals surface area contributed by atoms with Gasteiger partial charge in [-0.05, 0) is 23.8 Å². The second-order valence-corrected chi connectivity index (χ2v) is 4.16. The van der Waals surface area contributed by atoms with Crippen LogP contribution >= 0.6 is 24.4 Å². The molecule has 0 aliphatic rings. The molecule has 0 aliphatic heterocycles. The number of benzene rings is 2. The van der Waals surface area contributed by atoms with E-state index in [9.17, 15) is 0 Å². The number of ether oxygens (including phenoxy) is 1. The largest absolute Gasteiger partial charge is 0.487 e. The van der Waals surface area contributed by atoms with Crippen LogP contribution in [-0.2, 0) is 6.61 Å². The molecule has 0 atom stereocenters. The molecule has 1 N–H and O–H groups in total. The molecular weight excluding hydrogens is 254 g/mol. The second-order valence-electron chi connectivity index (χ2n) is 3.53. The highest BCUT2D eigenvalue weighted by atomic mass is 35.5. The predicted molar refractivity (Wildman–Crippen MR) is 74.8 cm³/mol. The summed E-state index contributed by atoms with van der Waals surface area (Å²) >= 11 is 10.0. The molecule has 4 heteroatoms. The Hall–Kier alpha value is -1.32. The van der Waals surface area contributed by atoms with E-state index in [1.807, 2.05) is 42.5 Å². The Labute approximate surface area is 111 Å². The molecule has 0 radical (unpaired) electrons. The fraction of sp³-hybridized carbons (Fsp3) is 0.0769. The predicted octanol–water partition coefficient (Wildman–Crippen LogP) is 4.18. The van der Waals surface area contributed by atoms with E-state index in [0.717, 1.165) is 11.3 Å². The first-order valence-corrected chi connectivity index (χ1v) is 5.98. The van der Waals surface area contributed by atoms with Crippen LogP contribution < -0.4 is 9.46 Å². The number of halogens is 1. The highest BCUT2D eigenvalue weighted by Gasteiger charge is 2.02. The second kappa shape index (κ2) is 5.84. The van der Waals surface area contributed by atoms with Gasteiger partial charge in [-0.3, -0.25) is 0 Å². The van der Waals surface area contributed by atoms with E-state index < -0.39 is 0 Å². The lowest BCUT2D eigenvalue weighted by molar-refractivity contribution is 0.306. The van der Waals surface area contributed by atoms with E-state index in [0.29, 0.717) is 17.4 Å².